The van der Waals surface area contributed by atoms with E-state index in [-0.39, 0.29) is 5.48 Å². The second-order valence-corrected chi connectivity index (χ2v) is 2.26. The van der Waals surface area contributed by atoms with Gasteiger partial charge in [-0.1, -0.05) is 0 Å². The number of carboxylic acids is 3. The number of nitrogens with zero attached hydrogens (tertiary/aromatic N) is 1. The molecule has 0 aromatic heterocycles. The summed E-state index contributed by atoms with van der Waals surface area (Å²) in [5, 5.41) is 30.0. The molecule has 0 bridgehead atoms. The third-order valence-electron chi connectivity index (χ3n) is 1.06. The van der Waals surface area contributed by atoms with E-state index in [0.717, 1.165) is 0 Å². The van der Waals surface area contributed by atoms with Gasteiger partial charge in [-0.25, -0.2) is 0 Å². The molecule has 0 saturated heterocycles. The summed E-state index contributed by atoms with van der Waals surface area (Å²) in [6.45, 7) is -2.37. The molecular formula is C6H8NO7-3. The van der Waals surface area contributed by atoms with Crippen LogP contribution in [0.4, 0.5) is 0 Å². The van der Waals surface area contributed by atoms with Crippen LogP contribution in [0, 0.1) is 0 Å². The average molecular weight is 206 g/mol. The Bertz CT molecular complexity index is 188. The Hall–Kier alpha value is -1.67. The first-order valence-corrected chi connectivity index (χ1v) is 3.23. The zero-order chi connectivity index (χ0) is 10.4. The normalized spacial score (nSPS) is 9.21. The van der Waals surface area contributed by atoms with Crippen molar-refractivity contribution in [2.75, 3.05) is 19.6 Å². The van der Waals surface area contributed by atoms with Gasteiger partial charge in [0.1, 0.15) is 0 Å². The molecule has 0 aliphatic carbocycles. The van der Waals surface area contributed by atoms with Crippen molar-refractivity contribution in [2.24, 2.45) is 0 Å². The minimum atomic E-state index is -1.57. The maximum atomic E-state index is 9.99. The summed E-state index contributed by atoms with van der Waals surface area (Å²) in [5.41, 5.74) is 0. The summed E-state index contributed by atoms with van der Waals surface area (Å²) in [6, 6.07) is 0. The number of carbonyl (C=O) groups is 3. The van der Waals surface area contributed by atoms with Gasteiger partial charge in [0.2, 0.25) is 0 Å². The Morgan fingerprint density at radius 1 is 0.786 bits per heavy atom. The van der Waals surface area contributed by atoms with Crippen molar-refractivity contribution in [1.82, 2.24) is 4.90 Å². The maximum absolute atomic E-state index is 9.99. The summed E-state index contributed by atoms with van der Waals surface area (Å²) in [6.07, 6.45) is 0. The van der Waals surface area contributed by atoms with Crippen LogP contribution in [0.15, 0.2) is 0 Å². The molecule has 0 radical (unpaired) electrons. The van der Waals surface area contributed by atoms with Crippen LogP contribution in [0.1, 0.15) is 0 Å². The molecule has 0 aliphatic heterocycles. The molecule has 0 saturated carbocycles. The molecule has 0 aromatic rings. The van der Waals surface area contributed by atoms with Crippen LogP contribution in [-0.2, 0) is 14.4 Å². The van der Waals surface area contributed by atoms with E-state index in [2.05, 4.69) is 0 Å². The minimum absolute atomic E-state index is 0. The van der Waals surface area contributed by atoms with E-state index in [1.54, 1.807) is 0 Å². The van der Waals surface area contributed by atoms with Crippen LogP contribution in [0.3, 0.4) is 0 Å². The standard InChI is InChI=1S/C6H9NO6.H2O/c8-4(9)1-7(2-5(10)11)3-6(12)13;/h1-3H2,(H,8,9)(H,10,11)(H,12,13);1H2/p-3. The van der Waals surface area contributed by atoms with Crippen LogP contribution in [0.5, 0.6) is 0 Å². The van der Waals surface area contributed by atoms with Gasteiger partial charge in [-0.15, -0.1) is 0 Å². The number of carboxylic acid groups (broad SMARTS) is 3. The molecule has 0 unspecified atom stereocenters. The molecule has 2 N–H and O–H groups in total. The van der Waals surface area contributed by atoms with Crippen molar-refractivity contribution in [3.63, 3.8) is 0 Å². The molecular weight excluding hydrogens is 198 g/mol. The van der Waals surface area contributed by atoms with Gasteiger partial charge < -0.3 is 35.2 Å². The molecule has 82 valence electrons. The third kappa shape index (κ3) is 8.43. The van der Waals surface area contributed by atoms with Crippen LogP contribution >= 0.6 is 0 Å². The summed E-state index contributed by atoms with van der Waals surface area (Å²) in [7, 11) is 0. The van der Waals surface area contributed by atoms with Crippen molar-refractivity contribution in [1.29, 1.82) is 0 Å². The topological polar surface area (TPSA) is 155 Å². The Kier molecular flexibility index (Phi) is 7.21. The van der Waals surface area contributed by atoms with Gasteiger partial charge in [0, 0.05) is 19.6 Å². The molecule has 8 nitrogen and oxygen atoms in total. The zero-order valence-corrected chi connectivity index (χ0v) is 7.02. The monoisotopic (exact) mass is 206 g/mol. The molecule has 0 spiro atoms. The molecule has 0 amide bonds. The number of hydrogen-bond acceptors (Lipinski definition) is 7. The fraction of sp³-hybridized carbons (Fsp3) is 0.500. The van der Waals surface area contributed by atoms with Crippen molar-refractivity contribution < 1.29 is 35.2 Å². The second-order valence-electron chi connectivity index (χ2n) is 2.26. The summed E-state index contributed by atoms with van der Waals surface area (Å²) >= 11 is 0. The van der Waals surface area contributed by atoms with Crippen molar-refractivity contribution in [2.45, 2.75) is 0 Å². The SMILES string of the molecule is O.O=C([O-])CN(CC(=O)[O-])CC(=O)[O-]. The van der Waals surface area contributed by atoms with E-state index in [9.17, 15) is 29.7 Å². The number of rotatable bonds is 6. The number of carbonyl (C=O) groups excluding carboxylic acids is 3. The van der Waals surface area contributed by atoms with Crippen LogP contribution in [-0.4, -0.2) is 47.9 Å². The van der Waals surface area contributed by atoms with Gasteiger partial charge >= 0.3 is 0 Å². The van der Waals surface area contributed by atoms with Crippen LogP contribution in [0.2, 0.25) is 0 Å². The van der Waals surface area contributed by atoms with E-state index >= 15 is 0 Å². The van der Waals surface area contributed by atoms with Gasteiger partial charge in [-0.05, 0) is 0 Å². The first-order chi connectivity index (χ1) is 5.91. The summed E-state index contributed by atoms with van der Waals surface area (Å²) in [5.74, 6) is -4.70. The number of hydrogen-bond donors (Lipinski definition) is 0. The highest BCUT2D eigenvalue weighted by Gasteiger charge is 2.05. The molecule has 14 heavy (non-hydrogen) atoms. The van der Waals surface area contributed by atoms with Crippen LogP contribution < -0.4 is 15.3 Å². The van der Waals surface area contributed by atoms with Crippen molar-refractivity contribution in [3.05, 3.63) is 0 Å². The van der Waals surface area contributed by atoms with Crippen LogP contribution in [0.25, 0.3) is 0 Å². The maximum Gasteiger partial charge on any atom is 0.0555 e. The zero-order valence-electron chi connectivity index (χ0n) is 7.02. The fourth-order valence-electron chi connectivity index (χ4n) is 0.715. The van der Waals surface area contributed by atoms with E-state index in [0.29, 0.717) is 4.90 Å². The molecule has 0 fully saturated rings. The molecule has 0 atom stereocenters. The lowest BCUT2D eigenvalue weighted by atomic mass is 10.4. The average Bonchev–Trinajstić information content (AvgIpc) is 1.80. The van der Waals surface area contributed by atoms with Crippen molar-refractivity contribution >= 4 is 17.9 Å². The lowest BCUT2D eigenvalue weighted by molar-refractivity contribution is -0.313. The van der Waals surface area contributed by atoms with E-state index < -0.39 is 37.5 Å². The fourth-order valence-corrected chi connectivity index (χ4v) is 0.715. The van der Waals surface area contributed by atoms with Crippen molar-refractivity contribution in [3.8, 4) is 0 Å². The predicted molar refractivity (Wildman–Crippen MR) is 35.1 cm³/mol. The minimum Gasteiger partial charge on any atom is -0.549 e. The molecule has 0 aromatic carbocycles. The Labute approximate surface area is 78.7 Å². The largest absolute Gasteiger partial charge is 0.549 e. The molecule has 0 heterocycles. The highest BCUT2D eigenvalue weighted by atomic mass is 16.4. The summed E-state index contributed by atoms with van der Waals surface area (Å²) < 4.78 is 0. The van der Waals surface area contributed by atoms with Gasteiger partial charge in [0.25, 0.3) is 0 Å². The number of aliphatic carboxylic acids is 3. The molecule has 0 rings (SSSR count). The smallest absolute Gasteiger partial charge is 0.0555 e. The Morgan fingerprint density at radius 3 is 1.14 bits per heavy atom. The Balaban J connectivity index is 0. The highest BCUT2D eigenvalue weighted by molar-refractivity contribution is 5.73. The Morgan fingerprint density at radius 2 is 1.00 bits per heavy atom. The molecule has 8 heteroatoms. The second kappa shape index (κ2) is 6.80. The van der Waals surface area contributed by atoms with Gasteiger partial charge in [-0.3, -0.25) is 4.90 Å². The van der Waals surface area contributed by atoms with Gasteiger partial charge in [-0.2, -0.15) is 0 Å². The first-order valence-electron chi connectivity index (χ1n) is 3.23. The lowest BCUT2D eigenvalue weighted by Gasteiger charge is -2.23. The van der Waals surface area contributed by atoms with E-state index in [1.165, 1.54) is 0 Å². The highest BCUT2D eigenvalue weighted by Crippen LogP contribution is 1.84. The quantitative estimate of drug-likeness (QED) is 0.418. The lowest BCUT2D eigenvalue weighted by Crippen LogP contribution is -2.48. The first kappa shape index (κ1) is 14.8. The predicted octanol–water partition coefficient (Wildman–Crippen LogP) is -6.29. The van der Waals surface area contributed by atoms with E-state index in [1.807, 2.05) is 0 Å². The van der Waals surface area contributed by atoms with Gasteiger partial charge in [0.05, 0.1) is 17.9 Å². The summed E-state index contributed by atoms with van der Waals surface area (Å²) in [4.78, 5) is 30.6. The third-order valence-corrected chi connectivity index (χ3v) is 1.06. The van der Waals surface area contributed by atoms with Gasteiger partial charge in [0.15, 0.2) is 0 Å². The van der Waals surface area contributed by atoms with E-state index in [4.69, 9.17) is 0 Å². The molecule has 0 aliphatic rings.